The molecule has 146 valence electrons. The lowest BCUT2D eigenvalue weighted by Crippen LogP contribution is -2.28. The molecule has 0 aliphatic carbocycles. The third-order valence-electron chi connectivity index (χ3n) is 3.94. The Kier molecular flexibility index (Phi) is 7.59. The van der Waals surface area contributed by atoms with Crippen LogP contribution < -0.4 is 9.62 Å². The lowest BCUT2D eigenvalue weighted by atomic mass is 10.2. The second kappa shape index (κ2) is 9.48. The van der Waals surface area contributed by atoms with Crippen molar-refractivity contribution in [3.63, 3.8) is 0 Å². The number of rotatable bonds is 8. The van der Waals surface area contributed by atoms with E-state index < -0.39 is 10.0 Å². The Bertz CT molecular complexity index is 917. The molecule has 0 atom stereocenters. The summed E-state index contributed by atoms with van der Waals surface area (Å²) in [5.74, 6) is 1.33. The number of hydrogen-bond acceptors (Lipinski definition) is 4. The van der Waals surface area contributed by atoms with Crippen molar-refractivity contribution >= 4 is 45.0 Å². The van der Waals surface area contributed by atoms with Gasteiger partial charge in [-0.1, -0.05) is 41.4 Å². The molecule has 0 saturated heterocycles. The van der Waals surface area contributed by atoms with Gasteiger partial charge in [-0.15, -0.1) is 0 Å². The third kappa shape index (κ3) is 6.45. The first-order valence-electron chi connectivity index (χ1n) is 8.33. The Morgan fingerprint density at radius 3 is 2.63 bits per heavy atom. The first-order chi connectivity index (χ1) is 12.7. The molecule has 0 spiro atoms. The van der Waals surface area contributed by atoms with Crippen LogP contribution in [0.3, 0.4) is 0 Å². The van der Waals surface area contributed by atoms with Gasteiger partial charge < -0.3 is 5.32 Å². The van der Waals surface area contributed by atoms with E-state index in [1.165, 1.54) is 30.3 Å². The topological polar surface area (TPSA) is 66.5 Å². The number of carbonyl (C=O) groups excluding carboxylic acids is 1. The highest BCUT2D eigenvalue weighted by Gasteiger charge is 2.16. The van der Waals surface area contributed by atoms with Crippen molar-refractivity contribution in [1.29, 1.82) is 0 Å². The maximum Gasteiger partial charge on any atom is 0.252 e. The Morgan fingerprint density at radius 1 is 1.22 bits per heavy atom. The van der Waals surface area contributed by atoms with E-state index in [-0.39, 0.29) is 16.5 Å². The van der Waals surface area contributed by atoms with Crippen LogP contribution in [0, 0.1) is 6.92 Å². The van der Waals surface area contributed by atoms with Crippen LogP contribution in [0.1, 0.15) is 21.5 Å². The minimum atomic E-state index is -3.41. The number of benzene rings is 2. The number of hydrogen-bond donors (Lipinski definition) is 1. The number of aryl methyl sites for hydroxylation is 1. The number of nitrogens with one attached hydrogen (secondary N) is 1. The number of nitrogens with zero attached hydrogens (tertiary/aromatic N) is 1. The monoisotopic (exact) mass is 426 g/mol. The molecule has 0 fully saturated rings. The van der Waals surface area contributed by atoms with E-state index in [0.29, 0.717) is 12.2 Å². The molecule has 8 heteroatoms. The largest absolute Gasteiger partial charge is 0.351 e. The molecule has 0 bridgehead atoms. The quantitative estimate of drug-likeness (QED) is 0.653. The van der Waals surface area contributed by atoms with Crippen LogP contribution in [-0.4, -0.2) is 39.9 Å². The van der Waals surface area contributed by atoms with E-state index >= 15 is 0 Å². The summed E-state index contributed by atoms with van der Waals surface area (Å²) >= 11 is 7.84. The van der Waals surface area contributed by atoms with Gasteiger partial charge in [0.2, 0.25) is 10.0 Å². The zero-order valence-corrected chi connectivity index (χ0v) is 17.9. The molecule has 0 radical (unpaired) electrons. The molecule has 27 heavy (non-hydrogen) atoms. The van der Waals surface area contributed by atoms with E-state index in [1.807, 2.05) is 6.07 Å². The predicted octanol–water partition coefficient (Wildman–Crippen LogP) is 3.71. The van der Waals surface area contributed by atoms with Gasteiger partial charge in [0.1, 0.15) is 0 Å². The lowest BCUT2D eigenvalue weighted by molar-refractivity contribution is 0.0956. The van der Waals surface area contributed by atoms with Gasteiger partial charge in [0.15, 0.2) is 0 Å². The molecule has 0 saturated carbocycles. The molecule has 5 nitrogen and oxygen atoms in total. The van der Waals surface area contributed by atoms with Gasteiger partial charge in [0.25, 0.3) is 5.91 Å². The first kappa shape index (κ1) is 21.6. The third-order valence-corrected chi connectivity index (χ3v) is 6.50. The minimum Gasteiger partial charge on any atom is -0.351 e. The number of carbonyl (C=O) groups is 1. The highest BCUT2D eigenvalue weighted by atomic mass is 35.5. The second-order valence-electron chi connectivity index (χ2n) is 6.19. The van der Waals surface area contributed by atoms with Gasteiger partial charge in [0.05, 0.1) is 22.5 Å². The summed E-state index contributed by atoms with van der Waals surface area (Å²) in [5.41, 5.74) is 3.13. The minimum absolute atomic E-state index is 0.258. The van der Waals surface area contributed by atoms with E-state index in [2.05, 4.69) is 30.4 Å². The number of thioether (sulfide) groups is 1. The van der Waals surface area contributed by atoms with Crippen LogP contribution in [0.2, 0.25) is 5.02 Å². The molecular formula is C19H23ClN2O3S2. The van der Waals surface area contributed by atoms with E-state index in [4.69, 9.17) is 11.6 Å². The van der Waals surface area contributed by atoms with Crippen LogP contribution in [-0.2, 0) is 15.8 Å². The Hall–Kier alpha value is -1.70. The Morgan fingerprint density at radius 2 is 1.96 bits per heavy atom. The zero-order valence-electron chi connectivity index (χ0n) is 15.5. The van der Waals surface area contributed by atoms with Crippen molar-refractivity contribution in [3.8, 4) is 0 Å². The lowest BCUT2D eigenvalue weighted by Gasteiger charge is -2.18. The van der Waals surface area contributed by atoms with Gasteiger partial charge in [-0.2, -0.15) is 11.8 Å². The maximum absolute atomic E-state index is 12.4. The highest BCUT2D eigenvalue weighted by Crippen LogP contribution is 2.24. The summed E-state index contributed by atoms with van der Waals surface area (Å²) in [5, 5.41) is 3.11. The maximum atomic E-state index is 12.4. The molecular weight excluding hydrogens is 404 g/mol. The van der Waals surface area contributed by atoms with E-state index in [9.17, 15) is 13.2 Å². The molecule has 2 aromatic rings. The summed E-state index contributed by atoms with van der Waals surface area (Å²) < 4.78 is 24.4. The Labute approximate surface area is 170 Å². The van der Waals surface area contributed by atoms with E-state index in [1.54, 1.807) is 17.8 Å². The number of sulfonamides is 1. The smallest absolute Gasteiger partial charge is 0.252 e. The summed E-state index contributed by atoms with van der Waals surface area (Å²) in [4.78, 5) is 12.4. The van der Waals surface area contributed by atoms with Crippen molar-refractivity contribution in [2.45, 2.75) is 12.7 Å². The summed E-state index contributed by atoms with van der Waals surface area (Å²) in [6, 6.07) is 12.9. The average Bonchev–Trinajstić information content (AvgIpc) is 2.60. The fourth-order valence-corrected chi connectivity index (χ4v) is 3.90. The van der Waals surface area contributed by atoms with Crippen LogP contribution >= 0.6 is 23.4 Å². The molecule has 0 aliphatic heterocycles. The molecule has 0 aliphatic rings. The SMILES string of the molecule is Cc1cccc(CSCCNC(=O)c2cc(N(C)S(C)(=O)=O)ccc2Cl)c1. The number of anilines is 1. The highest BCUT2D eigenvalue weighted by molar-refractivity contribution is 7.98. The van der Waals surface area contributed by atoms with Crippen molar-refractivity contribution in [3.05, 3.63) is 64.2 Å². The molecule has 2 aromatic carbocycles. The van der Waals surface area contributed by atoms with Crippen LogP contribution in [0.5, 0.6) is 0 Å². The van der Waals surface area contributed by atoms with Crippen molar-refractivity contribution in [1.82, 2.24) is 5.32 Å². The van der Waals surface area contributed by atoms with Crippen LogP contribution in [0.25, 0.3) is 0 Å². The fraction of sp³-hybridized carbons (Fsp3) is 0.316. The average molecular weight is 427 g/mol. The molecule has 1 N–H and O–H groups in total. The fourth-order valence-electron chi connectivity index (χ4n) is 2.40. The van der Waals surface area contributed by atoms with Crippen molar-refractivity contribution in [2.24, 2.45) is 0 Å². The van der Waals surface area contributed by atoms with Gasteiger partial charge in [-0.05, 0) is 30.7 Å². The molecule has 0 unspecified atom stereocenters. The van der Waals surface area contributed by atoms with Gasteiger partial charge >= 0.3 is 0 Å². The normalized spacial score (nSPS) is 11.3. The number of amides is 1. The van der Waals surface area contributed by atoms with Crippen molar-refractivity contribution < 1.29 is 13.2 Å². The van der Waals surface area contributed by atoms with E-state index in [0.717, 1.165) is 22.1 Å². The van der Waals surface area contributed by atoms with Gasteiger partial charge in [-0.25, -0.2) is 8.42 Å². The molecule has 1 amide bonds. The molecule has 2 rings (SSSR count). The van der Waals surface area contributed by atoms with Crippen LogP contribution in [0.4, 0.5) is 5.69 Å². The molecule has 0 heterocycles. The summed E-state index contributed by atoms with van der Waals surface area (Å²) in [6.45, 7) is 2.56. The number of halogens is 1. The van der Waals surface area contributed by atoms with Gasteiger partial charge in [-0.3, -0.25) is 9.10 Å². The zero-order chi connectivity index (χ0) is 20.0. The summed E-state index contributed by atoms with van der Waals surface area (Å²) in [7, 11) is -1.98. The van der Waals surface area contributed by atoms with Crippen LogP contribution in [0.15, 0.2) is 42.5 Å². The predicted molar refractivity (Wildman–Crippen MR) is 114 cm³/mol. The van der Waals surface area contributed by atoms with Gasteiger partial charge in [0, 0.05) is 25.1 Å². The standard InChI is InChI=1S/C19H23ClN2O3S2/c1-14-5-4-6-15(11-14)13-26-10-9-21-19(23)17-12-16(7-8-18(17)20)22(2)27(3,24)25/h4-8,11-12H,9-10,13H2,1-3H3,(H,21,23). The summed E-state index contributed by atoms with van der Waals surface area (Å²) in [6.07, 6.45) is 1.10. The second-order valence-corrected chi connectivity index (χ2v) is 9.72. The van der Waals surface area contributed by atoms with Crippen molar-refractivity contribution in [2.75, 3.05) is 29.9 Å². The Balaban J connectivity index is 1.90. The first-order valence-corrected chi connectivity index (χ1v) is 11.7. The molecule has 0 aromatic heterocycles.